The number of aliphatic hydroxyl groups excluding tert-OH is 2. The Kier molecular flexibility index (Phi) is 5.46. The highest BCUT2D eigenvalue weighted by Crippen LogP contribution is 2.17. The van der Waals surface area contributed by atoms with Crippen molar-refractivity contribution in [2.75, 3.05) is 6.26 Å². The van der Waals surface area contributed by atoms with E-state index in [0.29, 0.717) is 6.26 Å². The molecule has 0 heterocycles. The molecule has 0 aromatic rings. The van der Waals surface area contributed by atoms with E-state index in [2.05, 4.69) is 0 Å². The van der Waals surface area contributed by atoms with Gasteiger partial charge in [0.05, 0.1) is 18.5 Å². The topological polar surface area (TPSA) is 94.8 Å². The average Bonchev–Trinajstić information content (AvgIpc) is 1.92. The maximum absolute atomic E-state index is 9.19. The van der Waals surface area contributed by atoms with Gasteiger partial charge in [-0.15, -0.1) is 0 Å². The lowest BCUT2D eigenvalue weighted by Crippen LogP contribution is -2.28. The first kappa shape index (κ1) is 12.8. The molecule has 2 atom stereocenters. The van der Waals surface area contributed by atoms with Gasteiger partial charge in [-0.2, -0.15) is 8.42 Å². The highest BCUT2D eigenvalue weighted by molar-refractivity contribution is 7.85. The standard InChI is InChI=1S/C6H12O2.CH4O3S/c7-5-3-1-2-4-6(5)8;1-5(2,3)4/h5-8H,1-4H2;1H3,(H,2,3,4)/t5-,6-;/m1./s1. The molecule has 0 unspecified atom stereocenters. The van der Waals surface area contributed by atoms with Gasteiger partial charge in [0.2, 0.25) is 0 Å². The summed E-state index contributed by atoms with van der Waals surface area (Å²) in [5.41, 5.74) is 0. The molecule has 0 radical (unpaired) electrons. The third kappa shape index (κ3) is 9.75. The summed E-state index contributed by atoms with van der Waals surface area (Å²) in [5, 5.41) is 17.9. The van der Waals surface area contributed by atoms with Crippen LogP contribution >= 0.6 is 0 Å². The molecular weight excluding hydrogens is 196 g/mol. The largest absolute Gasteiger partial charge is 0.390 e. The van der Waals surface area contributed by atoms with Gasteiger partial charge in [-0.05, 0) is 12.8 Å². The van der Waals surface area contributed by atoms with Gasteiger partial charge in [-0.25, -0.2) is 0 Å². The Bertz CT molecular complexity index is 205. The Morgan fingerprint density at radius 1 is 1.08 bits per heavy atom. The van der Waals surface area contributed by atoms with Crippen molar-refractivity contribution < 1.29 is 23.2 Å². The van der Waals surface area contributed by atoms with Gasteiger partial charge in [-0.3, -0.25) is 4.55 Å². The fourth-order valence-corrected chi connectivity index (χ4v) is 1.09. The Morgan fingerprint density at radius 3 is 1.46 bits per heavy atom. The molecule has 1 saturated carbocycles. The molecule has 1 rings (SSSR count). The summed E-state index contributed by atoms with van der Waals surface area (Å²) in [6.07, 6.45) is 3.53. The van der Waals surface area contributed by atoms with E-state index in [1.54, 1.807) is 0 Å². The predicted octanol–water partition coefficient (Wildman–Crippen LogP) is -0.214. The van der Waals surface area contributed by atoms with Gasteiger partial charge in [0.15, 0.2) is 0 Å². The first-order valence-electron chi connectivity index (χ1n) is 4.09. The van der Waals surface area contributed by atoms with Crippen LogP contribution in [0.2, 0.25) is 0 Å². The van der Waals surface area contributed by atoms with Crippen molar-refractivity contribution in [2.24, 2.45) is 0 Å². The van der Waals surface area contributed by atoms with Gasteiger partial charge < -0.3 is 10.2 Å². The summed E-state index contributed by atoms with van der Waals surface area (Å²) >= 11 is 0. The van der Waals surface area contributed by atoms with Crippen LogP contribution in [-0.2, 0) is 10.1 Å². The normalized spacial score (nSPS) is 28.9. The van der Waals surface area contributed by atoms with Gasteiger partial charge >= 0.3 is 0 Å². The maximum Gasteiger partial charge on any atom is 0.261 e. The predicted molar refractivity (Wildman–Crippen MR) is 48.0 cm³/mol. The summed E-state index contributed by atoms with van der Waals surface area (Å²) < 4.78 is 25.9. The molecule has 5 nitrogen and oxygen atoms in total. The summed E-state index contributed by atoms with van der Waals surface area (Å²) in [4.78, 5) is 0. The molecule has 13 heavy (non-hydrogen) atoms. The number of rotatable bonds is 0. The first-order chi connectivity index (χ1) is 5.80. The molecule has 3 N–H and O–H groups in total. The Labute approximate surface area is 78.1 Å². The molecule has 0 bridgehead atoms. The van der Waals surface area contributed by atoms with Crippen molar-refractivity contribution in [1.82, 2.24) is 0 Å². The van der Waals surface area contributed by atoms with E-state index in [1.807, 2.05) is 0 Å². The van der Waals surface area contributed by atoms with E-state index in [4.69, 9.17) is 14.8 Å². The van der Waals surface area contributed by atoms with Crippen molar-refractivity contribution in [3.05, 3.63) is 0 Å². The van der Waals surface area contributed by atoms with Crippen LogP contribution in [0.4, 0.5) is 0 Å². The molecule has 6 heteroatoms. The zero-order valence-electron chi connectivity index (χ0n) is 7.55. The molecule has 0 aliphatic heterocycles. The molecule has 80 valence electrons. The summed E-state index contributed by atoms with van der Waals surface area (Å²) in [6, 6.07) is 0. The van der Waals surface area contributed by atoms with Crippen molar-refractivity contribution in [1.29, 1.82) is 0 Å². The van der Waals surface area contributed by atoms with E-state index in [0.717, 1.165) is 25.7 Å². The molecule has 1 aliphatic carbocycles. The second-order valence-electron chi connectivity index (χ2n) is 3.15. The summed E-state index contributed by atoms with van der Waals surface area (Å²) in [5.74, 6) is 0. The number of aliphatic hydroxyl groups is 2. The van der Waals surface area contributed by atoms with Crippen molar-refractivity contribution in [3.8, 4) is 0 Å². The van der Waals surface area contributed by atoms with Crippen molar-refractivity contribution in [2.45, 2.75) is 37.9 Å². The van der Waals surface area contributed by atoms with Crippen LogP contribution in [0, 0.1) is 0 Å². The van der Waals surface area contributed by atoms with Crippen LogP contribution < -0.4 is 0 Å². The molecule has 0 saturated heterocycles. The Morgan fingerprint density at radius 2 is 1.31 bits per heavy atom. The van der Waals surface area contributed by atoms with Crippen molar-refractivity contribution in [3.63, 3.8) is 0 Å². The summed E-state index contributed by atoms with van der Waals surface area (Å²) in [7, 11) is -3.67. The molecule has 0 aromatic carbocycles. The van der Waals surface area contributed by atoms with Crippen LogP contribution in [0.25, 0.3) is 0 Å². The molecule has 0 amide bonds. The molecule has 0 aromatic heterocycles. The van der Waals surface area contributed by atoms with Gasteiger partial charge in [0, 0.05) is 0 Å². The minimum atomic E-state index is -3.67. The third-order valence-electron chi connectivity index (χ3n) is 1.69. The molecule has 0 spiro atoms. The zero-order valence-corrected chi connectivity index (χ0v) is 8.37. The third-order valence-corrected chi connectivity index (χ3v) is 1.69. The van der Waals surface area contributed by atoms with Crippen LogP contribution in [0.15, 0.2) is 0 Å². The highest BCUT2D eigenvalue weighted by Gasteiger charge is 2.19. The Hall–Kier alpha value is -0.170. The van der Waals surface area contributed by atoms with Crippen molar-refractivity contribution >= 4 is 10.1 Å². The SMILES string of the molecule is CS(=O)(=O)O.O[C@@H]1CCCC[C@H]1O. The smallest absolute Gasteiger partial charge is 0.261 e. The number of hydrogen-bond acceptors (Lipinski definition) is 4. The molecule has 1 aliphatic rings. The van der Waals surface area contributed by atoms with E-state index in [-0.39, 0.29) is 0 Å². The lowest BCUT2D eigenvalue weighted by molar-refractivity contribution is -0.00865. The quantitative estimate of drug-likeness (QED) is 0.483. The van der Waals surface area contributed by atoms with Crippen LogP contribution in [0.1, 0.15) is 25.7 Å². The van der Waals surface area contributed by atoms with Gasteiger partial charge in [-0.1, -0.05) is 12.8 Å². The summed E-state index contributed by atoms with van der Waals surface area (Å²) in [6.45, 7) is 0. The van der Waals surface area contributed by atoms with Crippen LogP contribution in [0.5, 0.6) is 0 Å². The van der Waals surface area contributed by atoms with Gasteiger partial charge in [0.25, 0.3) is 10.1 Å². The fraction of sp³-hybridized carbons (Fsp3) is 1.00. The fourth-order valence-electron chi connectivity index (χ4n) is 1.09. The number of hydrogen-bond donors (Lipinski definition) is 3. The second-order valence-corrected chi connectivity index (χ2v) is 4.62. The van der Waals surface area contributed by atoms with E-state index in [1.165, 1.54) is 0 Å². The average molecular weight is 212 g/mol. The van der Waals surface area contributed by atoms with E-state index >= 15 is 0 Å². The maximum atomic E-state index is 9.19. The zero-order chi connectivity index (χ0) is 10.5. The second kappa shape index (κ2) is 5.54. The lowest BCUT2D eigenvalue weighted by atomic mass is 9.95. The van der Waals surface area contributed by atoms with Crippen LogP contribution in [-0.4, -0.2) is 41.6 Å². The van der Waals surface area contributed by atoms with Gasteiger partial charge in [0.1, 0.15) is 0 Å². The minimum Gasteiger partial charge on any atom is -0.390 e. The molecule has 1 fully saturated rings. The van der Waals surface area contributed by atoms with Crippen LogP contribution in [0.3, 0.4) is 0 Å². The first-order valence-corrected chi connectivity index (χ1v) is 5.94. The Balaban J connectivity index is 0.000000252. The minimum absolute atomic E-state index is 0.441. The monoisotopic (exact) mass is 212 g/mol. The lowest BCUT2D eigenvalue weighted by Gasteiger charge is -2.22. The van der Waals surface area contributed by atoms with E-state index in [9.17, 15) is 8.42 Å². The molecular formula is C7H16O5S. The van der Waals surface area contributed by atoms with E-state index < -0.39 is 22.3 Å². The highest BCUT2D eigenvalue weighted by atomic mass is 32.2.